The molecule has 30 heavy (non-hydrogen) atoms. The Morgan fingerprint density at radius 2 is 1.60 bits per heavy atom. The maximum absolute atomic E-state index is 11.0. The highest BCUT2D eigenvalue weighted by molar-refractivity contribution is 9.10. The summed E-state index contributed by atoms with van der Waals surface area (Å²) in [4.78, 5) is 13.0. The SMILES string of the molecule is Cc1ccc(NC(=S)N(Cc2ccc(Br)cc2)Cc2ccc(C(=O)[O-])cc2)cc1Cl. The van der Waals surface area contributed by atoms with E-state index >= 15 is 0 Å². The molecule has 3 aromatic carbocycles. The van der Waals surface area contributed by atoms with E-state index < -0.39 is 5.97 Å². The molecule has 3 rings (SSSR count). The van der Waals surface area contributed by atoms with E-state index in [1.165, 1.54) is 0 Å². The van der Waals surface area contributed by atoms with E-state index in [0.29, 0.717) is 23.2 Å². The van der Waals surface area contributed by atoms with Crippen LogP contribution in [0.25, 0.3) is 0 Å². The fraction of sp³-hybridized carbons (Fsp3) is 0.130. The molecule has 0 radical (unpaired) electrons. The summed E-state index contributed by atoms with van der Waals surface area (Å²) < 4.78 is 1.01. The predicted octanol–water partition coefficient (Wildman–Crippen LogP) is 5.17. The predicted molar refractivity (Wildman–Crippen MR) is 127 cm³/mol. The molecule has 0 atom stereocenters. The van der Waals surface area contributed by atoms with Crippen LogP contribution in [-0.4, -0.2) is 16.0 Å². The van der Waals surface area contributed by atoms with Crippen molar-refractivity contribution in [3.63, 3.8) is 0 Å². The van der Waals surface area contributed by atoms with Gasteiger partial charge in [-0.25, -0.2) is 0 Å². The summed E-state index contributed by atoms with van der Waals surface area (Å²) in [6.07, 6.45) is 0. The molecule has 4 nitrogen and oxygen atoms in total. The second kappa shape index (κ2) is 10.1. The number of carboxylic acid groups (broad SMARTS) is 1. The molecule has 0 amide bonds. The Morgan fingerprint density at radius 3 is 2.13 bits per heavy atom. The average Bonchev–Trinajstić information content (AvgIpc) is 2.72. The molecule has 0 aliphatic carbocycles. The van der Waals surface area contributed by atoms with Crippen LogP contribution >= 0.6 is 39.7 Å². The molecule has 0 fully saturated rings. The molecule has 0 spiro atoms. The van der Waals surface area contributed by atoms with Gasteiger partial charge in [0.25, 0.3) is 0 Å². The Kier molecular flexibility index (Phi) is 7.48. The van der Waals surface area contributed by atoms with Gasteiger partial charge in [-0.1, -0.05) is 70.0 Å². The van der Waals surface area contributed by atoms with E-state index in [1.54, 1.807) is 24.3 Å². The number of aromatic carboxylic acids is 1. The van der Waals surface area contributed by atoms with E-state index in [1.807, 2.05) is 54.3 Å². The zero-order valence-electron chi connectivity index (χ0n) is 16.2. The number of hydrogen-bond donors (Lipinski definition) is 1. The Bertz CT molecular complexity index is 1060. The molecule has 3 aromatic rings. The number of rotatable bonds is 6. The van der Waals surface area contributed by atoms with Gasteiger partial charge in [-0.2, -0.15) is 0 Å². The lowest BCUT2D eigenvalue weighted by molar-refractivity contribution is -0.255. The summed E-state index contributed by atoms with van der Waals surface area (Å²) >= 11 is 15.4. The lowest BCUT2D eigenvalue weighted by Crippen LogP contribution is -2.33. The zero-order valence-corrected chi connectivity index (χ0v) is 19.4. The molecule has 0 bridgehead atoms. The van der Waals surface area contributed by atoms with Crippen LogP contribution in [0.2, 0.25) is 5.02 Å². The van der Waals surface area contributed by atoms with Gasteiger partial charge in [-0.3, -0.25) is 0 Å². The third-order valence-electron chi connectivity index (χ3n) is 4.56. The van der Waals surface area contributed by atoms with Gasteiger partial charge in [-0.05, 0) is 65.7 Å². The van der Waals surface area contributed by atoms with Crippen molar-refractivity contribution in [1.29, 1.82) is 0 Å². The number of benzene rings is 3. The van der Waals surface area contributed by atoms with Crippen LogP contribution in [0.3, 0.4) is 0 Å². The molecule has 0 heterocycles. The first-order valence-electron chi connectivity index (χ1n) is 9.18. The fourth-order valence-electron chi connectivity index (χ4n) is 2.85. The summed E-state index contributed by atoms with van der Waals surface area (Å²) in [5, 5.41) is 15.5. The van der Waals surface area contributed by atoms with E-state index in [9.17, 15) is 9.90 Å². The molecule has 0 unspecified atom stereocenters. The number of aryl methyl sites for hydroxylation is 1. The van der Waals surface area contributed by atoms with Crippen molar-refractivity contribution in [3.05, 3.63) is 98.5 Å². The minimum atomic E-state index is -1.19. The lowest BCUT2D eigenvalue weighted by atomic mass is 10.1. The number of halogens is 2. The van der Waals surface area contributed by atoms with Gasteiger partial charge in [0.05, 0.1) is 5.97 Å². The van der Waals surface area contributed by atoms with Crippen molar-refractivity contribution in [3.8, 4) is 0 Å². The molecule has 0 aliphatic rings. The quantitative estimate of drug-likeness (QED) is 0.471. The van der Waals surface area contributed by atoms with Crippen LogP contribution in [0.1, 0.15) is 27.0 Å². The summed E-state index contributed by atoms with van der Waals surface area (Å²) in [6.45, 7) is 3.04. The smallest absolute Gasteiger partial charge is 0.174 e. The third-order valence-corrected chi connectivity index (χ3v) is 5.86. The third kappa shape index (κ3) is 6.05. The highest BCUT2D eigenvalue weighted by atomic mass is 79.9. The van der Waals surface area contributed by atoms with Gasteiger partial charge in [0, 0.05) is 28.3 Å². The molecular formula is C23H19BrClN2O2S-. The number of nitrogens with zero attached hydrogens (tertiary/aromatic N) is 1. The molecule has 154 valence electrons. The van der Waals surface area contributed by atoms with Gasteiger partial charge < -0.3 is 20.1 Å². The topological polar surface area (TPSA) is 55.4 Å². The molecular weight excluding hydrogens is 484 g/mol. The summed E-state index contributed by atoms with van der Waals surface area (Å²) in [5.74, 6) is -1.19. The number of carbonyl (C=O) groups excluding carboxylic acids is 1. The highest BCUT2D eigenvalue weighted by Gasteiger charge is 2.13. The molecule has 0 aromatic heterocycles. The molecule has 1 N–H and O–H groups in total. The van der Waals surface area contributed by atoms with Crippen LogP contribution < -0.4 is 10.4 Å². The second-order valence-electron chi connectivity index (χ2n) is 6.86. The van der Waals surface area contributed by atoms with Gasteiger partial charge >= 0.3 is 0 Å². The van der Waals surface area contributed by atoms with E-state index in [4.69, 9.17) is 23.8 Å². The minimum absolute atomic E-state index is 0.146. The van der Waals surface area contributed by atoms with Crippen molar-refractivity contribution >= 4 is 56.5 Å². The number of hydrogen-bond acceptors (Lipinski definition) is 3. The van der Waals surface area contributed by atoms with Gasteiger partial charge in [0.15, 0.2) is 5.11 Å². The maximum Gasteiger partial charge on any atom is 0.174 e. The first-order valence-corrected chi connectivity index (χ1v) is 10.8. The van der Waals surface area contributed by atoms with Crippen molar-refractivity contribution in [2.24, 2.45) is 0 Å². The summed E-state index contributed by atoms with van der Waals surface area (Å²) in [6, 6.07) is 20.4. The molecule has 0 saturated carbocycles. The van der Waals surface area contributed by atoms with Crippen LogP contribution in [0.15, 0.2) is 71.2 Å². The van der Waals surface area contributed by atoms with Crippen LogP contribution in [0.4, 0.5) is 5.69 Å². The standard InChI is InChI=1S/C23H20BrClN2O2S/c1-15-2-11-20(12-21(15)25)26-23(30)27(14-17-5-9-19(24)10-6-17)13-16-3-7-18(8-4-16)22(28)29/h2-12H,13-14H2,1H3,(H,26,30)(H,28,29)/p-1. The van der Waals surface area contributed by atoms with Crippen molar-refractivity contribution in [2.75, 3.05) is 5.32 Å². The number of thiocarbonyl (C=S) groups is 1. The molecule has 0 saturated heterocycles. The van der Waals surface area contributed by atoms with Crippen molar-refractivity contribution in [1.82, 2.24) is 4.90 Å². The normalized spacial score (nSPS) is 10.5. The fourth-order valence-corrected chi connectivity index (χ4v) is 3.54. The Hall–Kier alpha value is -2.41. The summed E-state index contributed by atoms with van der Waals surface area (Å²) in [5.41, 5.74) is 3.98. The van der Waals surface area contributed by atoms with E-state index in [-0.39, 0.29) is 5.56 Å². The van der Waals surface area contributed by atoms with Gasteiger partial charge in [0.2, 0.25) is 0 Å². The maximum atomic E-state index is 11.0. The Labute approximate surface area is 194 Å². The first-order chi connectivity index (χ1) is 14.3. The number of carbonyl (C=O) groups is 1. The van der Waals surface area contributed by atoms with Crippen molar-refractivity contribution < 1.29 is 9.90 Å². The molecule has 0 aliphatic heterocycles. The minimum Gasteiger partial charge on any atom is -0.545 e. The highest BCUT2D eigenvalue weighted by Crippen LogP contribution is 2.21. The van der Waals surface area contributed by atoms with Crippen LogP contribution in [0, 0.1) is 6.92 Å². The average molecular weight is 503 g/mol. The summed E-state index contributed by atoms with van der Waals surface area (Å²) in [7, 11) is 0. The zero-order chi connectivity index (χ0) is 21.7. The second-order valence-corrected chi connectivity index (χ2v) is 8.57. The first kappa shape index (κ1) is 22.3. The van der Waals surface area contributed by atoms with Gasteiger partial charge in [-0.15, -0.1) is 0 Å². The number of anilines is 1. The van der Waals surface area contributed by atoms with E-state index in [2.05, 4.69) is 21.2 Å². The van der Waals surface area contributed by atoms with Crippen LogP contribution in [-0.2, 0) is 13.1 Å². The Balaban J connectivity index is 1.81. The van der Waals surface area contributed by atoms with Crippen molar-refractivity contribution in [2.45, 2.75) is 20.0 Å². The molecule has 7 heteroatoms. The Morgan fingerprint density at radius 1 is 1.03 bits per heavy atom. The largest absolute Gasteiger partial charge is 0.545 e. The number of carboxylic acids is 1. The van der Waals surface area contributed by atoms with Crippen LogP contribution in [0.5, 0.6) is 0 Å². The monoisotopic (exact) mass is 501 g/mol. The lowest BCUT2D eigenvalue weighted by Gasteiger charge is -2.26. The van der Waals surface area contributed by atoms with E-state index in [0.717, 1.165) is 26.9 Å². The number of nitrogens with one attached hydrogen (secondary N) is 1. The van der Waals surface area contributed by atoms with Gasteiger partial charge in [0.1, 0.15) is 0 Å².